The molecule has 3 heterocycles. The molecule has 0 spiro atoms. The van der Waals surface area contributed by atoms with Gasteiger partial charge in [0, 0.05) is 18.9 Å². The Morgan fingerprint density at radius 3 is 2.59 bits per heavy atom. The molecule has 15 nitrogen and oxygen atoms in total. The number of aliphatic hydroxyl groups excluding tert-OH is 2. The molecule has 9 unspecified atom stereocenters. The third kappa shape index (κ3) is 8.15. The minimum absolute atomic E-state index is 0.0201. The van der Waals surface area contributed by atoms with Crippen LogP contribution < -0.4 is 25.7 Å². The number of sulfonamides is 1. The van der Waals surface area contributed by atoms with Crippen LogP contribution in [0.1, 0.15) is 84.6 Å². The van der Waals surface area contributed by atoms with Crippen molar-refractivity contribution < 1.29 is 37.7 Å². The molecule has 7 rings (SSSR count). The molecule has 3 fully saturated rings. The number of carbonyl (C=O) groups is 2. The van der Waals surface area contributed by atoms with E-state index in [9.17, 15) is 33.0 Å². The first-order valence-corrected chi connectivity index (χ1v) is 21.9. The minimum atomic E-state index is -4.07. The van der Waals surface area contributed by atoms with Crippen molar-refractivity contribution in [2.24, 2.45) is 17.8 Å². The number of benzene rings is 1. The summed E-state index contributed by atoms with van der Waals surface area (Å²) < 4.78 is 41.6. The molecule has 9 atom stereocenters. The van der Waals surface area contributed by atoms with Crippen molar-refractivity contribution >= 4 is 32.7 Å². The van der Waals surface area contributed by atoms with Crippen LogP contribution in [0.4, 0.5) is 0 Å². The van der Waals surface area contributed by atoms with Crippen molar-refractivity contribution in [2.75, 3.05) is 6.54 Å². The first-order chi connectivity index (χ1) is 27.4. The SMILES string of the molecule is C=CC1C=CC1(NC(=O)C1CC2CN1C(=O)C(C1CCCC1)NC(O)OC1(C)CC1CCC=CCn1c(nc3cc(C)ccc3c1=O)O2)C(O)NS(=O)(=O)C(C)(C)C. The van der Waals surface area contributed by atoms with Gasteiger partial charge >= 0.3 is 0 Å². The van der Waals surface area contributed by atoms with Crippen LogP contribution in [0, 0.1) is 24.7 Å². The fourth-order valence-electron chi connectivity index (χ4n) is 8.86. The Morgan fingerprint density at radius 1 is 1.17 bits per heavy atom. The third-order valence-electron chi connectivity index (χ3n) is 12.8. The van der Waals surface area contributed by atoms with E-state index >= 15 is 0 Å². The number of amides is 2. The number of fused-ring (bicyclic) bond motifs is 5. The number of hydrogen-bond acceptors (Lipinski definition) is 11. The molecule has 2 aromatic rings. The molecule has 2 bridgehead atoms. The Kier molecular flexibility index (Phi) is 11.6. The standard InChI is InChI=1S/C42H58N6O9S/c1-7-27-18-19-42(27,37(52)46-58(54,55)40(3,4)5)45-34(49)32-22-29-24-48(32)36(51)33(26-13-10-11-14-26)44-39(53)57-41(6)23-28(41)15-9-8-12-20-47-35(50)30-17-16-25(2)21-31(30)43-38(47)56-29/h7-8,12,16-19,21,26-29,32-33,37,39,44,46,52-53H,1,9-11,13-15,20,22-24H2,2-6H3,(H,45,49). The van der Waals surface area contributed by atoms with E-state index in [1.807, 2.05) is 38.1 Å². The molecular formula is C42H58N6O9S. The molecule has 0 radical (unpaired) electrons. The number of nitrogens with zero attached hydrogens (tertiary/aromatic N) is 3. The molecule has 1 saturated heterocycles. The highest BCUT2D eigenvalue weighted by atomic mass is 32.2. The van der Waals surface area contributed by atoms with Gasteiger partial charge in [0.25, 0.3) is 11.6 Å². The van der Waals surface area contributed by atoms with Crippen LogP contribution in [0.3, 0.4) is 0 Å². The van der Waals surface area contributed by atoms with E-state index in [-0.39, 0.29) is 42.9 Å². The topological polar surface area (TPSA) is 201 Å². The predicted molar refractivity (Wildman–Crippen MR) is 218 cm³/mol. The maximum absolute atomic E-state index is 14.9. The van der Waals surface area contributed by atoms with E-state index < -0.39 is 74.5 Å². The van der Waals surface area contributed by atoms with E-state index in [1.165, 1.54) is 42.4 Å². The van der Waals surface area contributed by atoms with E-state index in [1.54, 1.807) is 12.1 Å². The number of carbonyl (C=O) groups excluding carboxylic acids is 2. The second-order valence-electron chi connectivity index (χ2n) is 17.9. The molecule has 16 heteroatoms. The summed E-state index contributed by atoms with van der Waals surface area (Å²) in [5.74, 6) is -1.72. The van der Waals surface area contributed by atoms with Gasteiger partial charge in [-0.3, -0.25) is 24.3 Å². The molecule has 3 aliphatic carbocycles. The predicted octanol–water partition coefficient (Wildman–Crippen LogP) is 2.89. The van der Waals surface area contributed by atoms with Gasteiger partial charge in [-0.15, -0.1) is 6.58 Å². The van der Waals surface area contributed by atoms with Crippen LogP contribution in [-0.2, 0) is 30.9 Å². The summed E-state index contributed by atoms with van der Waals surface area (Å²) >= 11 is 0. The Balaban J connectivity index is 1.27. The average Bonchev–Trinajstić information content (AvgIpc) is 3.48. The summed E-state index contributed by atoms with van der Waals surface area (Å²) in [4.78, 5) is 49.8. The van der Waals surface area contributed by atoms with E-state index in [2.05, 4.69) is 21.9 Å². The van der Waals surface area contributed by atoms with Crippen molar-refractivity contribution in [1.29, 1.82) is 0 Å². The van der Waals surface area contributed by atoms with Gasteiger partial charge in [-0.1, -0.05) is 49.3 Å². The number of aromatic nitrogens is 2. The number of aryl methyl sites for hydroxylation is 1. The van der Waals surface area contributed by atoms with Crippen LogP contribution in [0.15, 0.2) is 60.0 Å². The second-order valence-corrected chi connectivity index (χ2v) is 20.4. The number of allylic oxidation sites excluding steroid dienone is 2. The van der Waals surface area contributed by atoms with E-state index in [4.69, 9.17) is 14.5 Å². The number of aliphatic hydroxyl groups is 2. The zero-order valence-corrected chi connectivity index (χ0v) is 34.8. The summed E-state index contributed by atoms with van der Waals surface area (Å²) in [5, 5.41) is 29.2. The Labute approximate surface area is 340 Å². The van der Waals surface area contributed by atoms with Crippen LogP contribution >= 0.6 is 0 Å². The van der Waals surface area contributed by atoms with Crippen molar-refractivity contribution in [3.05, 3.63) is 71.1 Å². The monoisotopic (exact) mass is 822 g/mol. The van der Waals surface area contributed by atoms with Gasteiger partial charge in [0.2, 0.25) is 28.3 Å². The molecule has 2 aliphatic heterocycles. The fraction of sp³-hybridized carbons (Fsp3) is 0.619. The van der Waals surface area contributed by atoms with Gasteiger partial charge < -0.3 is 29.9 Å². The second kappa shape index (κ2) is 15.9. The van der Waals surface area contributed by atoms with Crippen molar-refractivity contribution in [1.82, 2.24) is 29.8 Å². The smallest absolute Gasteiger partial charge is 0.300 e. The molecule has 5 N–H and O–H groups in total. The molecule has 2 amide bonds. The molecule has 1 aromatic heterocycles. The van der Waals surface area contributed by atoms with Crippen LogP contribution in [0.5, 0.6) is 6.01 Å². The zero-order valence-electron chi connectivity index (χ0n) is 34.0. The van der Waals surface area contributed by atoms with Crippen LogP contribution in [0.25, 0.3) is 10.9 Å². The van der Waals surface area contributed by atoms with Gasteiger partial charge in [0.1, 0.15) is 23.9 Å². The van der Waals surface area contributed by atoms with Gasteiger partial charge in [-0.2, -0.15) is 9.71 Å². The van der Waals surface area contributed by atoms with Gasteiger partial charge in [0.05, 0.1) is 33.8 Å². The molecule has 1 aromatic carbocycles. The van der Waals surface area contributed by atoms with Crippen molar-refractivity contribution in [2.45, 2.75) is 139 Å². The zero-order chi connectivity index (χ0) is 41.8. The number of hydrogen-bond donors (Lipinski definition) is 5. The van der Waals surface area contributed by atoms with Crippen molar-refractivity contribution in [3.8, 4) is 6.01 Å². The molecule has 316 valence electrons. The van der Waals surface area contributed by atoms with E-state index in [0.29, 0.717) is 10.9 Å². The maximum atomic E-state index is 14.9. The highest BCUT2D eigenvalue weighted by Crippen LogP contribution is 2.50. The number of rotatable bonds is 7. The minimum Gasteiger partial charge on any atom is -0.459 e. The molecular weight excluding hydrogens is 765 g/mol. The summed E-state index contributed by atoms with van der Waals surface area (Å²) in [7, 11) is -4.07. The van der Waals surface area contributed by atoms with Crippen LogP contribution in [0.2, 0.25) is 0 Å². The molecule has 5 aliphatic rings. The Bertz CT molecular complexity index is 2160. The lowest BCUT2D eigenvalue weighted by molar-refractivity contribution is -0.176. The largest absolute Gasteiger partial charge is 0.459 e. The molecule has 2 saturated carbocycles. The third-order valence-corrected chi connectivity index (χ3v) is 14.9. The van der Waals surface area contributed by atoms with E-state index in [0.717, 1.165) is 50.5 Å². The summed E-state index contributed by atoms with van der Waals surface area (Å²) in [6, 6.07) is 3.38. The van der Waals surface area contributed by atoms with Gasteiger partial charge in [-0.05, 0) is 96.3 Å². The maximum Gasteiger partial charge on any atom is 0.300 e. The first kappa shape index (κ1) is 42.2. The number of ether oxygens (including phenoxy) is 2. The quantitative estimate of drug-likeness (QED) is 0.203. The fourth-order valence-corrected chi connectivity index (χ4v) is 9.70. The summed E-state index contributed by atoms with van der Waals surface area (Å²) in [6.07, 6.45) is 10.1. The Morgan fingerprint density at radius 2 is 1.91 bits per heavy atom. The normalized spacial score (nSPS) is 32.7. The summed E-state index contributed by atoms with van der Waals surface area (Å²) in [6.45, 7) is 12.3. The number of nitrogens with one attached hydrogen (secondary N) is 3. The lowest BCUT2D eigenvalue weighted by Crippen LogP contribution is -2.70. The lowest BCUT2D eigenvalue weighted by atomic mass is 9.72. The van der Waals surface area contributed by atoms with Gasteiger partial charge in [0.15, 0.2) is 0 Å². The Hall–Kier alpha value is -3.93. The lowest BCUT2D eigenvalue weighted by Gasteiger charge is -2.47. The van der Waals surface area contributed by atoms with Crippen LogP contribution in [-0.4, -0.2) is 98.2 Å². The highest BCUT2D eigenvalue weighted by molar-refractivity contribution is 7.90. The average molecular weight is 823 g/mol. The summed E-state index contributed by atoms with van der Waals surface area (Å²) in [5.41, 5.74) is -1.13. The first-order valence-electron chi connectivity index (χ1n) is 20.4. The van der Waals surface area contributed by atoms with Crippen molar-refractivity contribution in [3.63, 3.8) is 0 Å². The van der Waals surface area contributed by atoms with Gasteiger partial charge in [-0.25, -0.2) is 8.42 Å². The highest BCUT2D eigenvalue weighted by Gasteiger charge is 2.54. The molecule has 58 heavy (non-hydrogen) atoms.